The van der Waals surface area contributed by atoms with E-state index in [1.54, 1.807) is 24.1 Å². The number of carbonyl (C=O) groups excluding carboxylic acids is 1. The third-order valence-electron chi connectivity index (χ3n) is 3.40. The van der Waals surface area contributed by atoms with Crippen molar-refractivity contribution in [3.8, 4) is 5.75 Å². The number of nitrogens with zero attached hydrogens (tertiary/aromatic N) is 1. The molecule has 23 heavy (non-hydrogen) atoms. The molecule has 0 spiro atoms. The van der Waals surface area contributed by atoms with Crippen LogP contribution >= 0.6 is 0 Å². The molecule has 0 bridgehead atoms. The van der Waals surface area contributed by atoms with Crippen molar-refractivity contribution in [2.45, 2.75) is 37.1 Å². The van der Waals surface area contributed by atoms with Gasteiger partial charge in [0, 0.05) is 32.3 Å². The maximum atomic E-state index is 11.8. The Morgan fingerprint density at radius 1 is 1.30 bits per heavy atom. The summed E-state index contributed by atoms with van der Waals surface area (Å²) in [6.07, 6.45) is 3.02. The summed E-state index contributed by atoms with van der Waals surface area (Å²) < 4.78 is 28.3. The Morgan fingerprint density at radius 2 is 1.91 bits per heavy atom. The van der Waals surface area contributed by atoms with Gasteiger partial charge in [0.2, 0.25) is 5.91 Å². The number of benzene rings is 1. The Hall–Kier alpha value is -1.60. The first kappa shape index (κ1) is 19.4. The first-order valence-electron chi connectivity index (χ1n) is 7.62. The van der Waals surface area contributed by atoms with E-state index in [1.807, 2.05) is 6.92 Å². The van der Waals surface area contributed by atoms with Crippen LogP contribution in [-0.4, -0.2) is 51.7 Å². The summed E-state index contributed by atoms with van der Waals surface area (Å²) in [4.78, 5) is 13.8. The molecule has 1 atom stereocenters. The van der Waals surface area contributed by atoms with Gasteiger partial charge in [-0.1, -0.05) is 0 Å². The highest BCUT2D eigenvalue weighted by atomic mass is 32.2. The largest absolute Gasteiger partial charge is 0.494 e. The Morgan fingerprint density at radius 3 is 2.43 bits per heavy atom. The van der Waals surface area contributed by atoms with Gasteiger partial charge < -0.3 is 15.4 Å². The second kappa shape index (κ2) is 8.88. The minimum atomic E-state index is -3.19. The highest BCUT2D eigenvalue weighted by Gasteiger charge is 2.09. The third kappa shape index (κ3) is 7.47. The predicted molar refractivity (Wildman–Crippen MR) is 90.2 cm³/mol. The summed E-state index contributed by atoms with van der Waals surface area (Å²) in [7, 11) is -1.42. The molecule has 6 nitrogen and oxygen atoms in total. The van der Waals surface area contributed by atoms with Gasteiger partial charge in [-0.15, -0.1) is 0 Å². The lowest BCUT2D eigenvalue weighted by atomic mass is 10.2. The highest BCUT2D eigenvalue weighted by molar-refractivity contribution is 7.90. The molecule has 1 aromatic carbocycles. The molecule has 0 aliphatic carbocycles. The number of hydrogen-bond acceptors (Lipinski definition) is 5. The van der Waals surface area contributed by atoms with Gasteiger partial charge in [-0.2, -0.15) is 0 Å². The van der Waals surface area contributed by atoms with Crippen molar-refractivity contribution in [2.24, 2.45) is 5.73 Å². The van der Waals surface area contributed by atoms with Crippen molar-refractivity contribution in [1.29, 1.82) is 0 Å². The Bertz CT molecular complexity index is 597. The maximum absolute atomic E-state index is 11.8. The lowest BCUT2D eigenvalue weighted by Gasteiger charge is -2.17. The predicted octanol–water partition coefficient (Wildman–Crippen LogP) is 1.44. The van der Waals surface area contributed by atoms with Crippen LogP contribution in [0.5, 0.6) is 5.75 Å². The van der Waals surface area contributed by atoms with Gasteiger partial charge in [-0.05, 0) is 44.0 Å². The van der Waals surface area contributed by atoms with Crippen molar-refractivity contribution in [3.63, 3.8) is 0 Å². The third-order valence-corrected chi connectivity index (χ3v) is 4.53. The van der Waals surface area contributed by atoms with Crippen LogP contribution in [0.25, 0.3) is 0 Å². The SMILES string of the molecule is CC(N)CCC(=O)N(C)CCCOc1ccc(S(C)(=O)=O)cc1. The van der Waals surface area contributed by atoms with Crippen LogP contribution in [0, 0.1) is 0 Å². The molecule has 0 saturated carbocycles. The normalized spacial score (nSPS) is 12.7. The highest BCUT2D eigenvalue weighted by Crippen LogP contribution is 2.15. The quantitative estimate of drug-likeness (QED) is 0.686. The average molecular weight is 342 g/mol. The molecule has 0 saturated heterocycles. The van der Waals surface area contributed by atoms with E-state index in [-0.39, 0.29) is 16.8 Å². The van der Waals surface area contributed by atoms with Crippen molar-refractivity contribution >= 4 is 15.7 Å². The van der Waals surface area contributed by atoms with Crippen LogP contribution < -0.4 is 10.5 Å². The zero-order chi connectivity index (χ0) is 17.5. The molecule has 1 aromatic rings. The number of rotatable bonds is 9. The second-order valence-corrected chi connectivity index (χ2v) is 7.79. The number of ether oxygens (including phenoxy) is 1. The zero-order valence-electron chi connectivity index (χ0n) is 14.0. The number of carbonyl (C=O) groups is 1. The number of hydrogen-bond donors (Lipinski definition) is 1. The average Bonchev–Trinajstić information content (AvgIpc) is 2.48. The molecule has 130 valence electrons. The molecular formula is C16H26N2O4S. The molecule has 1 unspecified atom stereocenters. The van der Waals surface area contributed by atoms with E-state index in [1.165, 1.54) is 18.4 Å². The number of sulfone groups is 1. The van der Waals surface area contributed by atoms with Gasteiger partial charge in [-0.3, -0.25) is 4.79 Å². The van der Waals surface area contributed by atoms with Crippen LogP contribution in [0.15, 0.2) is 29.2 Å². The smallest absolute Gasteiger partial charge is 0.222 e. The van der Waals surface area contributed by atoms with E-state index in [0.29, 0.717) is 38.2 Å². The van der Waals surface area contributed by atoms with Gasteiger partial charge in [-0.25, -0.2) is 8.42 Å². The lowest BCUT2D eigenvalue weighted by Crippen LogP contribution is -2.30. The molecule has 0 radical (unpaired) electrons. The molecule has 1 amide bonds. The Labute approximate surface area is 138 Å². The van der Waals surface area contributed by atoms with Crippen molar-refractivity contribution in [1.82, 2.24) is 4.90 Å². The van der Waals surface area contributed by atoms with Crippen LogP contribution in [0.2, 0.25) is 0 Å². The molecular weight excluding hydrogens is 316 g/mol. The van der Waals surface area contributed by atoms with Crippen LogP contribution in [0.1, 0.15) is 26.2 Å². The molecule has 0 aliphatic rings. The minimum Gasteiger partial charge on any atom is -0.494 e. The molecule has 2 N–H and O–H groups in total. The molecule has 7 heteroatoms. The topological polar surface area (TPSA) is 89.7 Å². The molecule has 0 aromatic heterocycles. The monoisotopic (exact) mass is 342 g/mol. The van der Waals surface area contributed by atoms with Crippen LogP contribution in [-0.2, 0) is 14.6 Å². The molecule has 1 rings (SSSR count). The van der Waals surface area contributed by atoms with Gasteiger partial charge in [0.1, 0.15) is 5.75 Å². The molecule has 0 aliphatic heterocycles. The molecule has 0 fully saturated rings. The fourth-order valence-corrected chi connectivity index (χ4v) is 2.57. The van der Waals surface area contributed by atoms with E-state index >= 15 is 0 Å². The van der Waals surface area contributed by atoms with Crippen LogP contribution in [0.4, 0.5) is 0 Å². The summed E-state index contributed by atoms with van der Waals surface area (Å²) in [5.74, 6) is 0.697. The summed E-state index contributed by atoms with van der Waals surface area (Å²) in [5, 5.41) is 0. The Balaban J connectivity index is 2.30. The van der Waals surface area contributed by atoms with E-state index in [9.17, 15) is 13.2 Å². The summed E-state index contributed by atoms with van der Waals surface area (Å²) >= 11 is 0. The number of nitrogens with two attached hydrogens (primary N) is 1. The maximum Gasteiger partial charge on any atom is 0.222 e. The second-order valence-electron chi connectivity index (χ2n) is 5.78. The fourth-order valence-electron chi connectivity index (χ4n) is 1.94. The van der Waals surface area contributed by atoms with Crippen molar-refractivity contribution in [2.75, 3.05) is 26.5 Å². The Kier molecular flexibility index (Phi) is 7.51. The van der Waals surface area contributed by atoms with Crippen molar-refractivity contribution < 1.29 is 17.9 Å². The first-order valence-corrected chi connectivity index (χ1v) is 9.51. The minimum absolute atomic E-state index is 0.0330. The standard InChI is InChI=1S/C16H26N2O4S/c1-13(17)5-10-16(19)18(2)11-4-12-22-14-6-8-15(9-7-14)23(3,20)21/h6-9,13H,4-5,10-12,17H2,1-3H3. The molecule has 0 heterocycles. The summed E-state index contributed by atoms with van der Waals surface area (Å²) in [5.41, 5.74) is 5.64. The first-order chi connectivity index (χ1) is 10.7. The van der Waals surface area contributed by atoms with Gasteiger partial charge in [0.25, 0.3) is 0 Å². The number of amides is 1. The van der Waals surface area contributed by atoms with Gasteiger partial charge in [0.15, 0.2) is 9.84 Å². The van der Waals surface area contributed by atoms with E-state index < -0.39 is 9.84 Å². The lowest BCUT2D eigenvalue weighted by molar-refractivity contribution is -0.130. The van der Waals surface area contributed by atoms with Gasteiger partial charge >= 0.3 is 0 Å². The van der Waals surface area contributed by atoms with Gasteiger partial charge in [0.05, 0.1) is 11.5 Å². The summed E-state index contributed by atoms with van der Waals surface area (Å²) in [6.45, 7) is 2.96. The van der Waals surface area contributed by atoms with E-state index in [4.69, 9.17) is 10.5 Å². The van der Waals surface area contributed by atoms with E-state index in [2.05, 4.69) is 0 Å². The van der Waals surface area contributed by atoms with E-state index in [0.717, 1.165) is 0 Å². The fraction of sp³-hybridized carbons (Fsp3) is 0.562. The van der Waals surface area contributed by atoms with Crippen molar-refractivity contribution in [3.05, 3.63) is 24.3 Å². The van der Waals surface area contributed by atoms with Crippen LogP contribution in [0.3, 0.4) is 0 Å². The zero-order valence-corrected chi connectivity index (χ0v) is 14.8. The summed E-state index contributed by atoms with van der Waals surface area (Å²) in [6, 6.07) is 6.34.